The van der Waals surface area contributed by atoms with Crippen LogP contribution < -0.4 is 0 Å². The number of hydrogen-bond donors (Lipinski definition) is 1. The normalized spacial score (nSPS) is 29.2. The van der Waals surface area contributed by atoms with Crippen molar-refractivity contribution in [2.24, 2.45) is 5.92 Å². The zero-order chi connectivity index (χ0) is 19.8. The van der Waals surface area contributed by atoms with E-state index in [-0.39, 0.29) is 6.04 Å². The number of aliphatic hydroxyl groups excluding tert-OH is 1. The van der Waals surface area contributed by atoms with E-state index in [2.05, 4.69) is 52.6 Å². The summed E-state index contributed by atoms with van der Waals surface area (Å²) in [5.74, 6) is 1.37. The molecule has 2 saturated carbocycles. The molecule has 5 nitrogen and oxygen atoms in total. The molecule has 156 valence electrons. The zero-order valence-electron chi connectivity index (χ0n) is 17.6. The van der Waals surface area contributed by atoms with Gasteiger partial charge in [-0.2, -0.15) is 0 Å². The number of aliphatic hydroxyl groups is 1. The maximum absolute atomic E-state index is 11.1. The van der Waals surface area contributed by atoms with Crippen LogP contribution in [0.15, 0.2) is 30.5 Å². The first-order chi connectivity index (χ1) is 14.2. The van der Waals surface area contributed by atoms with E-state index in [1.165, 1.54) is 56.1 Å². The Balaban J connectivity index is 1.38. The standard InChI is InChI=1S/C24H34N4O/c1-17-7-9-20(10-8-17)22-13-23(28-15-21(25-26-28)19-11-12-19)24(29)16-27(22)14-18-5-3-2-4-6-18/h7-10,15,18-19,22-24,29H,2-6,11-14,16H2,1H3/t22-,23+,24+/m1/s1. The van der Waals surface area contributed by atoms with Gasteiger partial charge in [0.05, 0.1) is 17.8 Å². The molecule has 3 atom stereocenters. The van der Waals surface area contributed by atoms with Crippen LogP contribution >= 0.6 is 0 Å². The lowest BCUT2D eigenvalue weighted by Gasteiger charge is -2.44. The molecule has 3 fully saturated rings. The van der Waals surface area contributed by atoms with Crippen LogP contribution in [-0.2, 0) is 0 Å². The molecule has 2 heterocycles. The van der Waals surface area contributed by atoms with Gasteiger partial charge in [0, 0.05) is 31.2 Å². The molecule has 2 aliphatic carbocycles. The summed E-state index contributed by atoms with van der Waals surface area (Å²) in [5, 5.41) is 19.9. The summed E-state index contributed by atoms with van der Waals surface area (Å²) >= 11 is 0. The molecule has 1 saturated heterocycles. The summed E-state index contributed by atoms with van der Waals surface area (Å²) in [6.45, 7) is 3.97. The first-order valence-corrected chi connectivity index (χ1v) is 11.6. The van der Waals surface area contributed by atoms with E-state index < -0.39 is 6.10 Å². The van der Waals surface area contributed by atoms with E-state index in [0.717, 1.165) is 31.1 Å². The van der Waals surface area contributed by atoms with Gasteiger partial charge < -0.3 is 5.11 Å². The number of benzene rings is 1. The van der Waals surface area contributed by atoms with E-state index in [1.807, 2.05) is 4.68 Å². The third-order valence-corrected chi connectivity index (χ3v) is 7.31. The number of hydrogen-bond acceptors (Lipinski definition) is 4. The highest BCUT2D eigenvalue weighted by molar-refractivity contribution is 5.25. The van der Waals surface area contributed by atoms with Gasteiger partial charge in [-0.1, -0.05) is 54.3 Å². The second kappa shape index (κ2) is 8.19. The Morgan fingerprint density at radius 3 is 2.52 bits per heavy atom. The van der Waals surface area contributed by atoms with Crippen LogP contribution in [0.2, 0.25) is 0 Å². The van der Waals surface area contributed by atoms with Crippen molar-refractivity contribution in [1.82, 2.24) is 19.9 Å². The van der Waals surface area contributed by atoms with Crippen molar-refractivity contribution in [2.75, 3.05) is 13.1 Å². The second-order valence-electron chi connectivity index (χ2n) is 9.65. The molecule has 0 spiro atoms. The van der Waals surface area contributed by atoms with Crippen LogP contribution in [0.3, 0.4) is 0 Å². The van der Waals surface area contributed by atoms with Crippen molar-refractivity contribution in [2.45, 2.75) is 82.4 Å². The Labute approximate surface area is 174 Å². The minimum atomic E-state index is -0.394. The van der Waals surface area contributed by atoms with Crippen molar-refractivity contribution in [1.29, 1.82) is 0 Å². The highest BCUT2D eigenvalue weighted by Crippen LogP contribution is 2.41. The molecule has 2 aromatic rings. The van der Waals surface area contributed by atoms with Crippen LogP contribution in [0.5, 0.6) is 0 Å². The number of aromatic nitrogens is 3. The zero-order valence-corrected chi connectivity index (χ0v) is 17.6. The monoisotopic (exact) mass is 394 g/mol. The van der Waals surface area contributed by atoms with Gasteiger partial charge in [-0.3, -0.25) is 4.90 Å². The second-order valence-corrected chi connectivity index (χ2v) is 9.65. The molecule has 1 aromatic heterocycles. The van der Waals surface area contributed by atoms with Gasteiger partial charge in [-0.15, -0.1) is 5.10 Å². The number of nitrogens with zero attached hydrogens (tertiary/aromatic N) is 4. The van der Waals surface area contributed by atoms with Gasteiger partial charge in [-0.05, 0) is 50.5 Å². The van der Waals surface area contributed by atoms with Gasteiger partial charge in [0.2, 0.25) is 0 Å². The average molecular weight is 395 g/mol. The van der Waals surface area contributed by atoms with Gasteiger partial charge >= 0.3 is 0 Å². The lowest BCUT2D eigenvalue weighted by atomic mass is 9.85. The summed E-state index contributed by atoms with van der Waals surface area (Å²) in [5.41, 5.74) is 3.77. The molecule has 1 N–H and O–H groups in total. The van der Waals surface area contributed by atoms with E-state index in [9.17, 15) is 5.11 Å². The third kappa shape index (κ3) is 4.26. The molecule has 0 unspecified atom stereocenters. The van der Waals surface area contributed by atoms with Gasteiger partial charge in [-0.25, -0.2) is 4.68 Å². The Morgan fingerprint density at radius 2 is 1.79 bits per heavy atom. The molecule has 1 aliphatic heterocycles. The van der Waals surface area contributed by atoms with Gasteiger partial charge in [0.15, 0.2) is 0 Å². The maximum atomic E-state index is 11.1. The van der Waals surface area contributed by atoms with E-state index in [0.29, 0.717) is 12.0 Å². The minimum Gasteiger partial charge on any atom is -0.390 e. The molecule has 0 radical (unpaired) electrons. The van der Waals surface area contributed by atoms with Crippen LogP contribution in [0.4, 0.5) is 0 Å². The van der Waals surface area contributed by atoms with E-state index in [4.69, 9.17) is 0 Å². The molecule has 5 heteroatoms. The topological polar surface area (TPSA) is 54.2 Å². The van der Waals surface area contributed by atoms with Crippen molar-refractivity contribution in [3.8, 4) is 0 Å². The van der Waals surface area contributed by atoms with Crippen molar-refractivity contribution >= 4 is 0 Å². The first kappa shape index (κ1) is 19.3. The van der Waals surface area contributed by atoms with Crippen molar-refractivity contribution in [3.63, 3.8) is 0 Å². The summed E-state index contributed by atoms with van der Waals surface area (Å²) in [4.78, 5) is 2.56. The average Bonchev–Trinajstić information content (AvgIpc) is 3.47. The molecule has 29 heavy (non-hydrogen) atoms. The summed E-state index contributed by atoms with van der Waals surface area (Å²) < 4.78 is 1.96. The number of rotatable bonds is 5. The molecule has 3 aliphatic rings. The smallest absolute Gasteiger partial charge is 0.0892 e. The molecule has 0 amide bonds. The Kier molecular flexibility index (Phi) is 5.44. The number of β-amino-alcohol motifs (C(OH)–C–C–N with tert-alkyl or cyclic N) is 1. The lowest BCUT2D eigenvalue weighted by Crippen LogP contribution is -2.48. The van der Waals surface area contributed by atoms with Crippen LogP contribution in [0.25, 0.3) is 0 Å². The fourth-order valence-corrected chi connectivity index (χ4v) is 5.37. The third-order valence-electron chi connectivity index (χ3n) is 7.31. The van der Waals surface area contributed by atoms with Crippen LogP contribution in [0, 0.1) is 12.8 Å². The lowest BCUT2D eigenvalue weighted by molar-refractivity contribution is -0.0182. The fraction of sp³-hybridized carbons (Fsp3) is 0.667. The van der Waals surface area contributed by atoms with Gasteiger partial charge in [0.1, 0.15) is 0 Å². The number of likely N-dealkylation sites (tertiary alicyclic amines) is 1. The molecular weight excluding hydrogens is 360 g/mol. The minimum absolute atomic E-state index is 0.00362. The van der Waals surface area contributed by atoms with Crippen molar-refractivity contribution < 1.29 is 5.11 Å². The molecular formula is C24H34N4O. The summed E-state index contributed by atoms with van der Waals surface area (Å²) in [6.07, 6.45) is 11.8. The Hall–Kier alpha value is -1.72. The highest BCUT2D eigenvalue weighted by atomic mass is 16.3. The van der Waals surface area contributed by atoms with E-state index in [1.54, 1.807) is 0 Å². The summed E-state index contributed by atoms with van der Waals surface area (Å²) in [7, 11) is 0. The highest BCUT2D eigenvalue weighted by Gasteiger charge is 2.38. The van der Waals surface area contributed by atoms with Crippen molar-refractivity contribution in [3.05, 3.63) is 47.3 Å². The number of aryl methyl sites for hydroxylation is 1. The largest absolute Gasteiger partial charge is 0.390 e. The number of piperidine rings is 1. The first-order valence-electron chi connectivity index (χ1n) is 11.6. The predicted molar refractivity (Wildman–Crippen MR) is 114 cm³/mol. The molecule has 5 rings (SSSR count). The SMILES string of the molecule is Cc1ccc([C@H]2C[C@H](n3cc(C4CC4)nn3)[C@@H](O)CN2CC2CCCCC2)cc1. The van der Waals surface area contributed by atoms with E-state index >= 15 is 0 Å². The molecule has 0 bridgehead atoms. The maximum Gasteiger partial charge on any atom is 0.0892 e. The van der Waals surface area contributed by atoms with Gasteiger partial charge in [0.25, 0.3) is 0 Å². The molecule has 1 aromatic carbocycles. The van der Waals surface area contributed by atoms with Crippen LogP contribution in [-0.4, -0.2) is 44.2 Å². The Bertz CT molecular complexity index is 807. The van der Waals surface area contributed by atoms with Crippen LogP contribution in [0.1, 0.15) is 86.2 Å². The fourth-order valence-electron chi connectivity index (χ4n) is 5.37. The quantitative estimate of drug-likeness (QED) is 0.817. The summed E-state index contributed by atoms with van der Waals surface area (Å²) in [6, 6.07) is 9.33. The Morgan fingerprint density at radius 1 is 1.03 bits per heavy atom. The predicted octanol–water partition coefficient (Wildman–Crippen LogP) is 4.39.